The van der Waals surface area contributed by atoms with Crippen molar-refractivity contribution in [2.24, 2.45) is 11.8 Å². The van der Waals surface area contributed by atoms with Crippen LogP contribution in [0, 0.1) is 11.8 Å². The number of nitrogens with one attached hydrogen (secondary N) is 2. The number of amides is 2. The van der Waals surface area contributed by atoms with Crippen LogP contribution >= 0.6 is 0 Å². The Morgan fingerprint density at radius 2 is 1.77 bits per heavy atom. The second-order valence-electron chi connectivity index (χ2n) is 6.04. The molecule has 0 saturated heterocycles. The zero-order valence-corrected chi connectivity index (χ0v) is 13.5. The van der Waals surface area contributed by atoms with Crippen molar-refractivity contribution in [1.29, 1.82) is 0 Å². The van der Waals surface area contributed by atoms with Gasteiger partial charge in [-0.05, 0) is 17.4 Å². The first kappa shape index (κ1) is 18.2. The van der Waals surface area contributed by atoms with Crippen LogP contribution in [0.4, 0.5) is 0 Å². The number of aliphatic hydroxyl groups is 1. The fourth-order valence-corrected chi connectivity index (χ4v) is 1.98. The third kappa shape index (κ3) is 6.26. The third-order valence-corrected chi connectivity index (χ3v) is 3.23. The quantitative estimate of drug-likeness (QED) is 0.683. The maximum absolute atomic E-state index is 12.4. The van der Waals surface area contributed by atoms with Crippen molar-refractivity contribution in [1.82, 2.24) is 10.6 Å². The maximum Gasteiger partial charge on any atom is 0.247 e. The second kappa shape index (κ2) is 9.20. The summed E-state index contributed by atoms with van der Waals surface area (Å²) in [5.74, 6) is -0.196. The molecule has 3 N–H and O–H groups in total. The Kier molecular flexibility index (Phi) is 7.60. The van der Waals surface area contributed by atoms with E-state index in [9.17, 15) is 9.59 Å². The van der Waals surface area contributed by atoms with Crippen LogP contribution < -0.4 is 10.6 Å². The van der Waals surface area contributed by atoms with Crippen LogP contribution in [0.15, 0.2) is 30.3 Å². The summed E-state index contributed by atoms with van der Waals surface area (Å²) >= 11 is 0. The highest BCUT2D eigenvalue weighted by Gasteiger charge is 2.23. The molecule has 0 bridgehead atoms. The Labute approximate surface area is 132 Å². The minimum absolute atomic E-state index is 0.00991. The highest BCUT2D eigenvalue weighted by atomic mass is 16.3. The number of hydrogen-bond donors (Lipinski definition) is 3. The van der Waals surface area contributed by atoms with Gasteiger partial charge in [0.05, 0.1) is 0 Å². The summed E-state index contributed by atoms with van der Waals surface area (Å²) in [6.45, 7) is 6.14. The molecule has 0 radical (unpaired) electrons. The van der Waals surface area contributed by atoms with Gasteiger partial charge in [0.15, 0.2) is 0 Å². The molecule has 0 aliphatic heterocycles. The van der Waals surface area contributed by atoms with Crippen molar-refractivity contribution < 1.29 is 14.7 Å². The van der Waals surface area contributed by atoms with E-state index in [1.54, 1.807) is 0 Å². The minimum Gasteiger partial charge on any atom is -0.396 e. The number of carbonyl (C=O) groups is 2. The molecule has 5 nitrogen and oxygen atoms in total. The summed E-state index contributed by atoms with van der Waals surface area (Å²) in [6.07, 6.45) is 0.379. The van der Waals surface area contributed by atoms with Crippen LogP contribution in [0.5, 0.6) is 0 Å². The van der Waals surface area contributed by atoms with Crippen molar-refractivity contribution in [3.63, 3.8) is 0 Å². The number of aliphatic hydroxyl groups excluding tert-OH is 1. The average Bonchev–Trinajstić information content (AvgIpc) is 2.50. The van der Waals surface area contributed by atoms with E-state index in [4.69, 9.17) is 5.11 Å². The molecule has 0 heterocycles. The predicted octanol–water partition coefficient (Wildman–Crippen LogP) is 1.63. The van der Waals surface area contributed by atoms with E-state index in [1.165, 1.54) is 0 Å². The summed E-state index contributed by atoms with van der Waals surface area (Å²) in [5.41, 5.74) is 0.744. The Hall–Kier alpha value is -1.88. The van der Waals surface area contributed by atoms with Gasteiger partial charge in [-0.3, -0.25) is 9.59 Å². The van der Waals surface area contributed by atoms with Gasteiger partial charge in [-0.2, -0.15) is 0 Å². The zero-order chi connectivity index (χ0) is 16.5. The standard InChI is InChI=1S/C17H26N2O3/c1-12(2)9-15(21)19-16(14-7-5-4-6-8-14)17(22)18-10-13(3)11-20/h4-8,12-13,16,20H,9-11H2,1-3H3,(H,18,22)(H,19,21). The fraction of sp³-hybridized carbons (Fsp3) is 0.529. The number of rotatable bonds is 8. The third-order valence-electron chi connectivity index (χ3n) is 3.23. The highest BCUT2D eigenvalue weighted by Crippen LogP contribution is 2.14. The summed E-state index contributed by atoms with van der Waals surface area (Å²) in [6, 6.07) is 8.45. The van der Waals surface area contributed by atoms with Crippen molar-refractivity contribution in [3.05, 3.63) is 35.9 Å². The molecular weight excluding hydrogens is 280 g/mol. The van der Waals surface area contributed by atoms with Crippen LogP contribution in [0.1, 0.15) is 38.8 Å². The molecule has 2 atom stereocenters. The van der Waals surface area contributed by atoms with Crippen LogP contribution in [0.3, 0.4) is 0 Å². The maximum atomic E-state index is 12.4. The van der Waals surface area contributed by atoms with Gasteiger partial charge >= 0.3 is 0 Å². The van der Waals surface area contributed by atoms with E-state index in [0.717, 1.165) is 5.56 Å². The molecule has 122 valence electrons. The zero-order valence-electron chi connectivity index (χ0n) is 13.5. The highest BCUT2D eigenvalue weighted by molar-refractivity contribution is 5.88. The van der Waals surface area contributed by atoms with Gasteiger partial charge in [-0.15, -0.1) is 0 Å². The molecule has 1 aromatic rings. The first-order valence-corrected chi connectivity index (χ1v) is 7.67. The Morgan fingerprint density at radius 3 is 2.32 bits per heavy atom. The van der Waals surface area contributed by atoms with E-state index < -0.39 is 6.04 Å². The molecule has 0 saturated carbocycles. The van der Waals surface area contributed by atoms with E-state index in [-0.39, 0.29) is 30.3 Å². The second-order valence-corrected chi connectivity index (χ2v) is 6.04. The molecule has 0 spiro atoms. The minimum atomic E-state index is -0.710. The molecule has 0 fully saturated rings. The van der Waals surface area contributed by atoms with Gasteiger partial charge < -0.3 is 15.7 Å². The predicted molar refractivity (Wildman–Crippen MR) is 86.0 cm³/mol. The monoisotopic (exact) mass is 306 g/mol. The molecule has 22 heavy (non-hydrogen) atoms. The van der Waals surface area contributed by atoms with Crippen molar-refractivity contribution >= 4 is 11.8 Å². The first-order chi connectivity index (χ1) is 10.4. The van der Waals surface area contributed by atoms with Crippen LogP contribution in [-0.2, 0) is 9.59 Å². The number of benzene rings is 1. The Bertz CT molecular complexity index is 474. The SMILES string of the molecule is CC(C)CC(=O)NC(C(=O)NCC(C)CO)c1ccccc1. The molecule has 1 rings (SSSR count). The topological polar surface area (TPSA) is 78.4 Å². The van der Waals surface area contributed by atoms with Gasteiger partial charge in [0, 0.05) is 19.6 Å². The van der Waals surface area contributed by atoms with Gasteiger partial charge in [-0.1, -0.05) is 51.1 Å². The van der Waals surface area contributed by atoms with Gasteiger partial charge in [0.2, 0.25) is 11.8 Å². The lowest BCUT2D eigenvalue weighted by Crippen LogP contribution is -2.42. The van der Waals surface area contributed by atoms with Gasteiger partial charge in [-0.25, -0.2) is 0 Å². The van der Waals surface area contributed by atoms with Crippen molar-refractivity contribution in [2.45, 2.75) is 33.2 Å². The van der Waals surface area contributed by atoms with Crippen LogP contribution in [0.2, 0.25) is 0 Å². The summed E-state index contributed by atoms with van der Waals surface area (Å²) in [7, 11) is 0. The first-order valence-electron chi connectivity index (χ1n) is 7.67. The summed E-state index contributed by atoms with van der Waals surface area (Å²) < 4.78 is 0. The lowest BCUT2D eigenvalue weighted by atomic mass is 10.0. The van der Waals surface area contributed by atoms with E-state index >= 15 is 0 Å². The van der Waals surface area contributed by atoms with Crippen molar-refractivity contribution in [2.75, 3.05) is 13.2 Å². The van der Waals surface area contributed by atoms with Crippen molar-refractivity contribution in [3.8, 4) is 0 Å². The molecule has 2 amide bonds. The Balaban J connectivity index is 2.78. The smallest absolute Gasteiger partial charge is 0.247 e. The normalized spacial score (nSPS) is 13.5. The molecule has 5 heteroatoms. The van der Waals surface area contributed by atoms with E-state index in [0.29, 0.717) is 13.0 Å². The molecule has 2 unspecified atom stereocenters. The van der Waals surface area contributed by atoms with Gasteiger partial charge in [0.25, 0.3) is 0 Å². The van der Waals surface area contributed by atoms with E-state index in [1.807, 2.05) is 51.1 Å². The molecule has 1 aromatic carbocycles. The molecule has 0 aliphatic carbocycles. The molecule has 0 aliphatic rings. The lowest BCUT2D eigenvalue weighted by molar-refractivity contribution is -0.129. The lowest BCUT2D eigenvalue weighted by Gasteiger charge is -2.20. The van der Waals surface area contributed by atoms with E-state index in [2.05, 4.69) is 10.6 Å². The fourth-order valence-electron chi connectivity index (χ4n) is 1.98. The van der Waals surface area contributed by atoms with Crippen LogP contribution in [0.25, 0.3) is 0 Å². The molecule has 0 aromatic heterocycles. The summed E-state index contributed by atoms with van der Waals surface area (Å²) in [5, 5.41) is 14.6. The van der Waals surface area contributed by atoms with Gasteiger partial charge in [0.1, 0.15) is 6.04 Å². The number of hydrogen-bond acceptors (Lipinski definition) is 3. The Morgan fingerprint density at radius 1 is 1.14 bits per heavy atom. The average molecular weight is 306 g/mol. The molecular formula is C17H26N2O3. The van der Waals surface area contributed by atoms with Crippen LogP contribution in [-0.4, -0.2) is 30.1 Å². The largest absolute Gasteiger partial charge is 0.396 e. The summed E-state index contributed by atoms with van der Waals surface area (Å²) in [4.78, 5) is 24.4. The number of carbonyl (C=O) groups excluding carboxylic acids is 2.